The van der Waals surface area contributed by atoms with Gasteiger partial charge >= 0.3 is 0 Å². The largest absolute Gasteiger partial charge is 0.495 e. The summed E-state index contributed by atoms with van der Waals surface area (Å²) in [6, 6.07) is 3.89. The molecule has 0 aliphatic carbocycles. The fraction of sp³-hybridized carbons (Fsp3) is 0.333. The molecule has 0 saturated carbocycles. The van der Waals surface area contributed by atoms with Crippen molar-refractivity contribution in [2.45, 2.75) is 13.5 Å². The molecule has 1 aromatic rings. The van der Waals surface area contributed by atoms with Crippen molar-refractivity contribution < 1.29 is 9.94 Å². The van der Waals surface area contributed by atoms with E-state index in [1.807, 2.05) is 19.1 Å². The molecule has 0 amide bonds. The third-order valence-electron chi connectivity index (χ3n) is 1.85. The molecule has 0 spiro atoms. The van der Waals surface area contributed by atoms with Crippen LogP contribution in [0.5, 0.6) is 5.75 Å². The fourth-order valence-electron chi connectivity index (χ4n) is 1.17. The number of nitrogens with one attached hydrogen (secondary N) is 1. The highest BCUT2D eigenvalue weighted by Gasteiger charge is 2.08. The van der Waals surface area contributed by atoms with Crippen LogP contribution in [0.3, 0.4) is 0 Å². The van der Waals surface area contributed by atoms with Crippen LogP contribution in [-0.2, 0) is 6.54 Å². The lowest BCUT2D eigenvalue weighted by atomic mass is 10.1. The Kier molecular flexibility index (Phi) is 3.71. The summed E-state index contributed by atoms with van der Waals surface area (Å²) >= 11 is 3.42. The molecule has 0 fully saturated rings. The van der Waals surface area contributed by atoms with Crippen molar-refractivity contribution >= 4 is 15.9 Å². The Morgan fingerprint density at radius 2 is 2.23 bits per heavy atom. The summed E-state index contributed by atoms with van der Waals surface area (Å²) in [6.07, 6.45) is 0. The number of halogens is 1. The summed E-state index contributed by atoms with van der Waals surface area (Å²) in [7, 11) is 1.63. The van der Waals surface area contributed by atoms with Crippen LogP contribution in [0.2, 0.25) is 0 Å². The topological polar surface area (TPSA) is 41.5 Å². The van der Waals surface area contributed by atoms with Crippen LogP contribution >= 0.6 is 15.9 Å². The second-order valence-corrected chi connectivity index (χ2v) is 3.52. The van der Waals surface area contributed by atoms with Gasteiger partial charge in [-0.3, -0.25) is 0 Å². The summed E-state index contributed by atoms with van der Waals surface area (Å²) in [5.74, 6) is 0.813. The molecule has 1 rings (SSSR count). The lowest BCUT2D eigenvalue weighted by molar-refractivity contribution is 0.161. The molecule has 0 aliphatic rings. The van der Waals surface area contributed by atoms with Crippen molar-refractivity contribution in [1.29, 1.82) is 0 Å². The fourth-order valence-corrected chi connectivity index (χ4v) is 1.91. The molecule has 0 aliphatic heterocycles. The van der Waals surface area contributed by atoms with Crippen molar-refractivity contribution in [3.05, 3.63) is 27.7 Å². The number of benzene rings is 1. The van der Waals surface area contributed by atoms with E-state index < -0.39 is 0 Å². The first kappa shape index (κ1) is 10.5. The molecule has 3 nitrogen and oxygen atoms in total. The highest BCUT2D eigenvalue weighted by molar-refractivity contribution is 9.10. The van der Waals surface area contributed by atoms with Gasteiger partial charge in [0.2, 0.25) is 0 Å². The highest BCUT2D eigenvalue weighted by Crippen LogP contribution is 2.31. The maximum Gasteiger partial charge on any atom is 0.136 e. The number of hydrogen-bond donors (Lipinski definition) is 2. The smallest absolute Gasteiger partial charge is 0.136 e. The van der Waals surface area contributed by atoms with Gasteiger partial charge in [-0.25, -0.2) is 5.48 Å². The third kappa shape index (κ3) is 2.21. The molecule has 72 valence electrons. The zero-order valence-electron chi connectivity index (χ0n) is 7.60. The summed E-state index contributed by atoms with van der Waals surface area (Å²) in [6.45, 7) is 2.37. The van der Waals surface area contributed by atoms with Crippen LogP contribution in [0.1, 0.15) is 11.1 Å². The van der Waals surface area contributed by atoms with Crippen molar-refractivity contribution in [2.75, 3.05) is 7.11 Å². The summed E-state index contributed by atoms with van der Waals surface area (Å²) in [4.78, 5) is 0. The van der Waals surface area contributed by atoms with Crippen LogP contribution in [-0.4, -0.2) is 12.3 Å². The van der Waals surface area contributed by atoms with Crippen LogP contribution in [0.4, 0.5) is 0 Å². The summed E-state index contributed by atoms with van der Waals surface area (Å²) in [5.41, 5.74) is 4.14. The molecule has 13 heavy (non-hydrogen) atoms. The maximum absolute atomic E-state index is 8.57. The molecule has 2 N–H and O–H groups in total. The van der Waals surface area contributed by atoms with Gasteiger partial charge < -0.3 is 9.94 Å². The van der Waals surface area contributed by atoms with E-state index >= 15 is 0 Å². The van der Waals surface area contributed by atoms with Gasteiger partial charge in [-0.05, 0) is 34.0 Å². The normalized spacial score (nSPS) is 10.2. The van der Waals surface area contributed by atoms with Crippen LogP contribution in [0.25, 0.3) is 0 Å². The molecular weight excluding hydrogens is 234 g/mol. The van der Waals surface area contributed by atoms with Crippen LogP contribution in [0.15, 0.2) is 16.6 Å². The number of hydroxylamine groups is 1. The number of rotatable bonds is 3. The highest BCUT2D eigenvalue weighted by atomic mass is 79.9. The molecule has 4 heteroatoms. The van der Waals surface area contributed by atoms with Crippen LogP contribution < -0.4 is 10.2 Å². The Morgan fingerprint density at radius 1 is 1.54 bits per heavy atom. The molecule has 1 aromatic carbocycles. The Labute approximate surface area is 85.8 Å². The quantitative estimate of drug-likeness (QED) is 0.803. The van der Waals surface area contributed by atoms with E-state index in [9.17, 15) is 0 Å². The maximum atomic E-state index is 8.57. The standard InChI is InChI=1S/C9H12BrNO2/c1-6-3-4-7(5-11-12)8(10)9(6)13-2/h3-4,11-12H,5H2,1-2H3. The van der Waals surface area contributed by atoms with E-state index in [0.29, 0.717) is 6.54 Å². The van der Waals surface area contributed by atoms with E-state index in [4.69, 9.17) is 9.94 Å². The average molecular weight is 246 g/mol. The van der Waals surface area contributed by atoms with Gasteiger partial charge in [-0.15, -0.1) is 0 Å². The second-order valence-electron chi connectivity index (χ2n) is 2.72. The zero-order chi connectivity index (χ0) is 9.84. The molecule has 0 unspecified atom stereocenters. The van der Waals surface area contributed by atoms with E-state index in [0.717, 1.165) is 21.3 Å². The lowest BCUT2D eigenvalue weighted by Crippen LogP contribution is -2.07. The summed E-state index contributed by atoms with van der Waals surface area (Å²) in [5, 5.41) is 8.57. The van der Waals surface area contributed by atoms with E-state index in [2.05, 4.69) is 21.4 Å². The third-order valence-corrected chi connectivity index (χ3v) is 2.72. The molecular formula is C9H12BrNO2. The monoisotopic (exact) mass is 245 g/mol. The Morgan fingerprint density at radius 3 is 2.77 bits per heavy atom. The molecule has 0 aromatic heterocycles. The lowest BCUT2D eigenvalue weighted by Gasteiger charge is -2.10. The van der Waals surface area contributed by atoms with Crippen molar-refractivity contribution in [2.24, 2.45) is 0 Å². The van der Waals surface area contributed by atoms with Gasteiger partial charge in [0.15, 0.2) is 0 Å². The van der Waals surface area contributed by atoms with E-state index in [-0.39, 0.29) is 0 Å². The molecule has 0 bridgehead atoms. The van der Waals surface area contributed by atoms with Gasteiger partial charge in [-0.2, -0.15) is 0 Å². The Hall–Kier alpha value is -0.580. The zero-order valence-corrected chi connectivity index (χ0v) is 9.18. The SMILES string of the molecule is COc1c(C)ccc(CNO)c1Br. The van der Waals surface area contributed by atoms with Gasteiger partial charge in [-0.1, -0.05) is 12.1 Å². The predicted octanol–water partition coefficient (Wildman–Crippen LogP) is 2.24. The minimum absolute atomic E-state index is 0.400. The number of hydrogen-bond acceptors (Lipinski definition) is 3. The molecule has 0 atom stereocenters. The molecule has 0 saturated heterocycles. The Balaban J connectivity index is 3.11. The van der Waals surface area contributed by atoms with Crippen molar-refractivity contribution in [3.8, 4) is 5.75 Å². The predicted molar refractivity (Wildman–Crippen MR) is 54.1 cm³/mol. The van der Waals surface area contributed by atoms with Gasteiger partial charge in [0.1, 0.15) is 5.75 Å². The first-order valence-electron chi connectivity index (χ1n) is 3.89. The molecule has 0 radical (unpaired) electrons. The van der Waals surface area contributed by atoms with E-state index in [1.54, 1.807) is 7.11 Å². The van der Waals surface area contributed by atoms with Gasteiger partial charge in [0.25, 0.3) is 0 Å². The number of ether oxygens (including phenoxy) is 1. The Bertz CT molecular complexity index is 302. The van der Waals surface area contributed by atoms with Gasteiger partial charge in [0.05, 0.1) is 11.6 Å². The first-order valence-corrected chi connectivity index (χ1v) is 4.69. The van der Waals surface area contributed by atoms with Crippen LogP contribution in [0, 0.1) is 6.92 Å². The van der Waals surface area contributed by atoms with E-state index in [1.165, 1.54) is 0 Å². The van der Waals surface area contributed by atoms with Crippen molar-refractivity contribution in [1.82, 2.24) is 5.48 Å². The summed E-state index contributed by atoms with van der Waals surface area (Å²) < 4.78 is 6.09. The number of aryl methyl sites for hydroxylation is 1. The minimum atomic E-state index is 0.400. The minimum Gasteiger partial charge on any atom is -0.495 e. The number of methoxy groups -OCH3 is 1. The second kappa shape index (κ2) is 4.60. The van der Waals surface area contributed by atoms with Gasteiger partial charge in [0, 0.05) is 6.54 Å². The van der Waals surface area contributed by atoms with Crippen molar-refractivity contribution in [3.63, 3.8) is 0 Å². The first-order chi connectivity index (χ1) is 6.20. The molecule has 0 heterocycles. The average Bonchev–Trinajstić information content (AvgIpc) is 2.11.